The second-order valence-corrected chi connectivity index (χ2v) is 8.01. The number of pyridine rings is 1. The number of rotatable bonds is 5. The van der Waals surface area contributed by atoms with Gasteiger partial charge in [-0.1, -0.05) is 6.07 Å². The molecule has 1 amide bonds. The summed E-state index contributed by atoms with van der Waals surface area (Å²) in [6.45, 7) is 4.64. The fourth-order valence-electron chi connectivity index (χ4n) is 4.37. The number of ketones is 1. The number of nitrogens with zero attached hydrogens (tertiary/aromatic N) is 2. The second kappa shape index (κ2) is 8.51. The van der Waals surface area contributed by atoms with E-state index in [9.17, 15) is 14.7 Å². The summed E-state index contributed by atoms with van der Waals surface area (Å²) in [6.07, 6.45) is 4.89. The molecule has 2 unspecified atom stereocenters. The minimum Gasteiger partial charge on any atom is -0.507 e. The average Bonchev–Trinajstić information content (AvgIpc) is 3.37. The molecule has 7 heteroatoms. The van der Waals surface area contributed by atoms with Crippen molar-refractivity contribution < 1.29 is 24.2 Å². The lowest BCUT2D eigenvalue weighted by molar-refractivity contribution is -0.140. The van der Waals surface area contributed by atoms with Crippen molar-refractivity contribution in [1.29, 1.82) is 0 Å². The molecule has 0 radical (unpaired) electrons. The zero-order valence-corrected chi connectivity index (χ0v) is 17.9. The highest BCUT2D eigenvalue weighted by molar-refractivity contribution is 6.46. The van der Waals surface area contributed by atoms with Crippen LogP contribution in [0.15, 0.2) is 42.2 Å². The van der Waals surface area contributed by atoms with Crippen LogP contribution in [-0.4, -0.2) is 53.0 Å². The minimum absolute atomic E-state index is 0.0728. The smallest absolute Gasteiger partial charge is 0.295 e. The Balaban J connectivity index is 1.85. The number of carbonyl (C=O) groups excluding carboxylic acids is 2. The molecule has 2 atom stereocenters. The summed E-state index contributed by atoms with van der Waals surface area (Å²) in [6, 6.07) is 6.43. The van der Waals surface area contributed by atoms with Crippen molar-refractivity contribution in [2.75, 3.05) is 20.3 Å². The highest BCUT2D eigenvalue weighted by atomic mass is 16.5. The number of aliphatic hydroxyl groups is 1. The van der Waals surface area contributed by atoms with E-state index in [1.807, 2.05) is 26.0 Å². The van der Waals surface area contributed by atoms with Crippen molar-refractivity contribution in [1.82, 2.24) is 9.88 Å². The van der Waals surface area contributed by atoms with E-state index >= 15 is 0 Å². The molecule has 4 rings (SSSR count). The number of carbonyl (C=O) groups is 2. The van der Waals surface area contributed by atoms with Crippen molar-refractivity contribution in [3.8, 4) is 5.75 Å². The molecule has 2 saturated heterocycles. The Morgan fingerprint density at radius 1 is 1.29 bits per heavy atom. The molecule has 162 valence electrons. The molecular formula is C24H26N2O5. The summed E-state index contributed by atoms with van der Waals surface area (Å²) < 4.78 is 11.1. The van der Waals surface area contributed by atoms with Gasteiger partial charge in [0.2, 0.25) is 0 Å². The van der Waals surface area contributed by atoms with E-state index < -0.39 is 17.7 Å². The first-order chi connectivity index (χ1) is 14.9. The number of aryl methyl sites for hydroxylation is 2. The van der Waals surface area contributed by atoms with Gasteiger partial charge in [-0.3, -0.25) is 14.6 Å². The van der Waals surface area contributed by atoms with E-state index in [0.717, 1.165) is 24.0 Å². The third-order valence-electron chi connectivity index (χ3n) is 5.96. The first-order valence-corrected chi connectivity index (χ1v) is 10.4. The van der Waals surface area contributed by atoms with Crippen molar-refractivity contribution in [3.63, 3.8) is 0 Å². The van der Waals surface area contributed by atoms with Crippen LogP contribution in [0.4, 0.5) is 0 Å². The predicted molar refractivity (Wildman–Crippen MR) is 115 cm³/mol. The number of hydrogen-bond donors (Lipinski definition) is 1. The maximum atomic E-state index is 13.1. The molecule has 0 saturated carbocycles. The van der Waals surface area contributed by atoms with E-state index in [-0.39, 0.29) is 17.4 Å². The van der Waals surface area contributed by atoms with Crippen molar-refractivity contribution >= 4 is 17.4 Å². The lowest BCUT2D eigenvalue weighted by Gasteiger charge is -2.27. The van der Waals surface area contributed by atoms with Crippen LogP contribution in [0.5, 0.6) is 5.75 Å². The van der Waals surface area contributed by atoms with Crippen LogP contribution < -0.4 is 4.74 Å². The van der Waals surface area contributed by atoms with Gasteiger partial charge in [0, 0.05) is 31.1 Å². The first-order valence-electron chi connectivity index (χ1n) is 10.4. The predicted octanol–water partition coefficient (Wildman–Crippen LogP) is 3.31. The molecule has 2 aliphatic rings. The molecule has 3 heterocycles. The zero-order valence-electron chi connectivity index (χ0n) is 17.9. The zero-order chi connectivity index (χ0) is 22.1. The van der Waals surface area contributed by atoms with E-state index in [2.05, 4.69) is 4.98 Å². The number of methoxy groups -OCH3 is 1. The van der Waals surface area contributed by atoms with Crippen molar-refractivity contribution in [2.45, 2.75) is 38.8 Å². The van der Waals surface area contributed by atoms with Gasteiger partial charge < -0.3 is 19.5 Å². The molecule has 0 spiro atoms. The van der Waals surface area contributed by atoms with E-state index in [0.29, 0.717) is 30.0 Å². The summed E-state index contributed by atoms with van der Waals surface area (Å²) >= 11 is 0. The molecule has 1 aromatic heterocycles. The van der Waals surface area contributed by atoms with Crippen LogP contribution >= 0.6 is 0 Å². The fraction of sp³-hybridized carbons (Fsp3) is 0.375. The topological polar surface area (TPSA) is 89.0 Å². The number of amides is 1. The Kier molecular flexibility index (Phi) is 5.78. The Labute approximate surface area is 181 Å². The summed E-state index contributed by atoms with van der Waals surface area (Å²) in [5, 5.41) is 11.3. The first kappa shape index (κ1) is 21.1. The van der Waals surface area contributed by atoms with E-state index in [4.69, 9.17) is 9.47 Å². The van der Waals surface area contributed by atoms with Crippen LogP contribution in [0.3, 0.4) is 0 Å². The van der Waals surface area contributed by atoms with Gasteiger partial charge in [-0.05, 0) is 61.6 Å². The number of Topliss-reactive ketones (excluding diaryl/α,β-unsaturated/α-hetero) is 1. The highest BCUT2D eigenvalue weighted by Gasteiger charge is 2.47. The molecule has 0 bridgehead atoms. The van der Waals surface area contributed by atoms with Crippen LogP contribution in [0.25, 0.3) is 5.76 Å². The molecule has 1 N–H and O–H groups in total. The molecular weight excluding hydrogens is 396 g/mol. The number of benzene rings is 1. The van der Waals surface area contributed by atoms with Crippen LogP contribution in [0, 0.1) is 13.8 Å². The molecule has 0 aliphatic carbocycles. The van der Waals surface area contributed by atoms with E-state index in [1.54, 1.807) is 31.6 Å². The number of aromatic nitrogens is 1. The SMILES string of the molecule is COc1cc(C)c(/C(O)=C2\C(=O)C(=O)N(CC3CCCO3)C2c2cccnc2)cc1C. The lowest BCUT2D eigenvalue weighted by Crippen LogP contribution is -2.36. The Morgan fingerprint density at radius 2 is 2.10 bits per heavy atom. The molecule has 7 nitrogen and oxygen atoms in total. The second-order valence-electron chi connectivity index (χ2n) is 8.01. The molecule has 2 aromatic rings. The Hall–Kier alpha value is -3.19. The largest absolute Gasteiger partial charge is 0.507 e. The molecule has 31 heavy (non-hydrogen) atoms. The number of likely N-dealkylation sites (tertiary alicyclic amines) is 1. The summed E-state index contributed by atoms with van der Waals surface area (Å²) in [7, 11) is 1.58. The Morgan fingerprint density at radius 3 is 2.74 bits per heavy atom. The van der Waals surface area contributed by atoms with Gasteiger partial charge in [-0.2, -0.15) is 0 Å². The van der Waals surface area contributed by atoms with Gasteiger partial charge in [0.05, 0.1) is 24.8 Å². The van der Waals surface area contributed by atoms with Crippen molar-refractivity contribution in [3.05, 3.63) is 64.5 Å². The van der Waals surface area contributed by atoms with Gasteiger partial charge in [0.15, 0.2) is 0 Å². The standard InChI is InChI=1S/C24H26N2O5/c1-14-11-19(30-3)15(2)10-18(14)22(27)20-21(16-6-4-8-25-12-16)26(24(29)23(20)28)13-17-7-5-9-31-17/h4,6,8,10-12,17,21,27H,5,7,9,13H2,1-3H3/b22-20+. The van der Waals surface area contributed by atoms with Gasteiger partial charge in [-0.15, -0.1) is 0 Å². The van der Waals surface area contributed by atoms with Crippen LogP contribution in [0.2, 0.25) is 0 Å². The lowest BCUT2D eigenvalue weighted by atomic mass is 9.93. The summed E-state index contributed by atoms with van der Waals surface area (Å²) in [5.74, 6) is -0.826. The van der Waals surface area contributed by atoms with Gasteiger partial charge in [0.1, 0.15) is 11.5 Å². The quantitative estimate of drug-likeness (QED) is 0.452. The maximum absolute atomic E-state index is 13.1. The van der Waals surface area contributed by atoms with Crippen LogP contribution in [0.1, 0.15) is 41.1 Å². The van der Waals surface area contributed by atoms with Gasteiger partial charge in [0.25, 0.3) is 11.7 Å². The minimum atomic E-state index is -0.722. The number of hydrogen-bond acceptors (Lipinski definition) is 6. The summed E-state index contributed by atoms with van der Waals surface area (Å²) in [5.41, 5.74) is 2.81. The maximum Gasteiger partial charge on any atom is 0.295 e. The molecule has 2 aliphatic heterocycles. The van der Waals surface area contributed by atoms with Crippen LogP contribution in [-0.2, 0) is 14.3 Å². The monoisotopic (exact) mass is 422 g/mol. The van der Waals surface area contributed by atoms with E-state index in [1.165, 1.54) is 4.90 Å². The Bertz CT molecular complexity index is 1040. The molecule has 1 aromatic carbocycles. The average molecular weight is 422 g/mol. The molecule has 2 fully saturated rings. The third kappa shape index (κ3) is 3.81. The van der Waals surface area contributed by atoms with Gasteiger partial charge >= 0.3 is 0 Å². The number of ether oxygens (including phenoxy) is 2. The third-order valence-corrected chi connectivity index (χ3v) is 5.96. The summed E-state index contributed by atoms with van der Waals surface area (Å²) in [4.78, 5) is 31.8. The normalized spacial score (nSPS) is 22.9. The fourth-order valence-corrected chi connectivity index (χ4v) is 4.37. The highest BCUT2D eigenvalue weighted by Crippen LogP contribution is 2.40. The van der Waals surface area contributed by atoms with Gasteiger partial charge in [-0.25, -0.2) is 0 Å². The number of aliphatic hydroxyl groups excluding tert-OH is 1. The van der Waals surface area contributed by atoms with Crippen molar-refractivity contribution in [2.24, 2.45) is 0 Å².